The number of amides is 1. The van der Waals surface area contributed by atoms with Crippen molar-refractivity contribution in [1.82, 2.24) is 19.6 Å². The molecular weight excluding hydrogens is 264 g/mol. The van der Waals surface area contributed by atoms with Crippen molar-refractivity contribution < 1.29 is 4.79 Å². The van der Waals surface area contributed by atoms with Gasteiger partial charge in [-0.1, -0.05) is 6.58 Å². The lowest BCUT2D eigenvalue weighted by Crippen LogP contribution is -2.40. The maximum absolute atomic E-state index is 12.1. The smallest absolute Gasteiger partial charge is 0.242 e. The van der Waals surface area contributed by atoms with E-state index in [1.165, 1.54) is 0 Å². The third kappa shape index (κ3) is 4.99. The minimum absolute atomic E-state index is 0.189. The number of rotatable bonds is 9. The topological polar surface area (TPSA) is 30.0 Å². The predicted octanol–water partition coefficient (Wildman–Crippen LogP) is 1.76. The number of carbonyl (C=O) groups excluding carboxylic acids is 1. The SMILES string of the molecule is C=C(CN1C=CN(CC(=O)N(CC)CC)C1)N(CC)CC. The average molecular weight is 294 g/mol. The van der Waals surface area contributed by atoms with Crippen molar-refractivity contribution in [2.75, 3.05) is 45.9 Å². The standard InChI is InChI=1S/C16H30N4O/c1-6-19(7-2)15(5)12-17-10-11-18(14-17)13-16(21)20(8-3)9-4/h10-11H,5-9,12-14H2,1-4H3. The summed E-state index contributed by atoms with van der Waals surface area (Å²) in [6, 6.07) is 0. The van der Waals surface area contributed by atoms with Crippen molar-refractivity contribution in [3.05, 3.63) is 24.7 Å². The zero-order valence-electron chi connectivity index (χ0n) is 14.0. The number of nitrogens with zero attached hydrogens (tertiary/aromatic N) is 4. The quantitative estimate of drug-likeness (QED) is 0.648. The molecule has 1 aliphatic heterocycles. The number of hydrogen-bond acceptors (Lipinski definition) is 4. The van der Waals surface area contributed by atoms with Crippen LogP contribution in [0.4, 0.5) is 0 Å². The molecular formula is C16H30N4O. The summed E-state index contributed by atoms with van der Waals surface area (Å²) < 4.78 is 0. The van der Waals surface area contributed by atoms with Gasteiger partial charge in [0.1, 0.15) is 0 Å². The summed E-state index contributed by atoms with van der Waals surface area (Å²) >= 11 is 0. The predicted molar refractivity (Wildman–Crippen MR) is 87.4 cm³/mol. The summed E-state index contributed by atoms with van der Waals surface area (Å²) in [6.07, 6.45) is 4.04. The van der Waals surface area contributed by atoms with Crippen LogP contribution in [-0.2, 0) is 4.79 Å². The van der Waals surface area contributed by atoms with Gasteiger partial charge in [-0.05, 0) is 27.7 Å². The van der Waals surface area contributed by atoms with E-state index in [0.29, 0.717) is 6.54 Å². The van der Waals surface area contributed by atoms with Crippen LogP contribution in [0.2, 0.25) is 0 Å². The van der Waals surface area contributed by atoms with Crippen molar-refractivity contribution in [2.24, 2.45) is 0 Å². The fraction of sp³-hybridized carbons (Fsp3) is 0.688. The molecule has 1 aliphatic rings. The van der Waals surface area contributed by atoms with Crippen LogP contribution in [-0.4, -0.2) is 71.4 Å². The molecule has 0 aromatic carbocycles. The molecule has 0 saturated carbocycles. The molecule has 0 atom stereocenters. The molecule has 1 heterocycles. The van der Waals surface area contributed by atoms with Crippen molar-refractivity contribution >= 4 is 5.91 Å². The summed E-state index contributed by atoms with van der Waals surface area (Å²) in [7, 11) is 0. The third-order valence-corrected chi connectivity index (χ3v) is 3.90. The Bertz CT molecular complexity index is 338. The van der Waals surface area contributed by atoms with Gasteiger partial charge in [-0.15, -0.1) is 0 Å². The Morgan fingerprint density at radius 1 is 0.952 bits per heavy atom. The van der Waals surface area contributed by atoms with Gasteiger partial charge in [-0.3, -0.25) is 4.79 Å². The van der Waals surface area contributed by atoms with Crippen molar-refractivity contribution in [2.45, 2.75) is 27.7 Å². The number of likely N-dealkylation sites (N-methyl/N-ethyl adjacent to an activating group) is 2. The van der Waals surface area contributed by atoms with E-state index >= 15 is 0 Å². The number of carbonyl (C=O) groups is 1. The lowest BCUT2D eigenvalue weighted by atomic mass is 10.3. The summed E-state index contributed by atoms with van der Waals surface area (Å²) in [5.41, 5.74) is 1.13. The highest BCUT2D eigenvalue weighted by atomic mass is 16.2. The zero-order chi connectivity index (χ0) is 15.8. The van der Waals surface area contributed by atoms with Gasteiger partial charge in [0.2, 0.25) is 5.91 Å². The molecule has 1 rings (SSSR count). The molecule has 1 amide bonds. The second-order valence-corrected chi connectivity index (χ2v) is 5.24. The molecule has 120 valence electrons. The molecule has 0 fully saturated rings. The normalized spacial score (nSPS) is 13.7. The molecule has 0 aliphatic carbocycles. The van der Waals surface area contributed by atoms with Gasteiger partial charge in [0.05, 0.1) is 19.8 Å². The van der Waals surface area contributed by atoms with Crippen LogP contribution in [0.25, 0.3) is 0 Å². The fourth-order valence-corrected chi connectivity index (χ4v) is 2.58. The lowest BCUT2D eigenvalue weighted by molar-refractivity contribution is -0.131. The van der Waals surface area contributed by atoms with E-state index in [0.717, 1.165) is 45.1 Å². The van der Waals surface area contributed by atoms with Crippen LogP contribution in [0.15, 0.2) is 24.7 Å². The van der Waals surface area contributed by atoms with Crippen LogP contribution in [0.1, 0.15) is 27.7 Å². The first-order chi connectivity index (χ1) is 10.0. The van der Waals surface area contributed by atoms with Gasteiger partial charge >= 0.3 is 0 Å². The van der Waals surface area contributed by atoms with Crippen LogP contribution in [0, 0.1) is 0 Å². The van der Waals surface area contributed by atoms with Gasteiger partial charge in [-0.2, -0.15) is 0 Å². The zero-order valence-corrected chi connectivity index (χ0v) is 14.0. The third-order valence-electron chi connectivity index (χ3n) is 3.90. The van der Waals surface area contributed by atoms with Gasteiger partial charge < -0.3 is 19.6 Å². The van der Waals surface area contributed by atoms with Gasteiger partial charge in [0.15, 0.2) is 0 Å². The second kappa shape index (κ2) is 8.60. The van der Waals surface area contributed by atoms with E-state index in [9.17, 15) is 4.79 Å². The van der Waals surface area contributed by atoms with Crippen LogP contribution >= 0.6 is 0 Å². The second-order valence-electron chi connectivity index (χ2n) is 5.24. The van der Waals surface area contributed by atoms with E-state index in [2.05, 4.69) is 35.1 Å². The minimum Gasteiger partial charge on any atom is -0.374 e. The highest BCUT2D eigenvalue weighted by Crippen LogP contribution is 2.11. The summed E-state index contributed by atoms with van der Waals surface area (Å²) in [6.45, 7) is 18.0. The highest BCUT2D eigenvalue weighted by Gasteiger charge is 2.18. The molecule has 0 saturated heterocycles. The Morgan fingerprint density at radius 3 is 1.90 bits per heavy atom. The van der Waals surface area contributed by atoms with Crippen LogP contribution < -0.4 is 0 Å². The fourth-order valence-electron chi connectivity index (χ4n) is 2.58. The van der Waals surface area contributed by atoms with E-state index in [4.69, 9.17) is 0 Å². The maximum atomic E-state index is 12.1. The first-order valence-electron chi connectivity index (χ1n) is 7.92. The Balaban J connectivity index is 2.41. The largest absolute Gasteiger partial charge is 0.374 e. The summed E-state index contributed by atoms with van der Waals surface area (Å²) in [5, 5.41) is 0. The Kier molecular flexibility index (Phi) is 7.12. The van der Waals surface area contributed by atoms with E-state index in [1.54, 1.807) is 0 Å². The van der Waals surface area contributed by atoms with E-state index in [-0.39, 0.29) is 5.91 Å². The molecule has 0 N–H and O–H groups in total. The minimum atomic E-state index is 0.189. The summed E-state index contributed by atoms with van der Waals surface area (Å²) in [4.78, 5) is 20.5. The van der Waals surface area contributed by atoms with Crippen molar-refractivity contribution in [1.29, 1.82) is 0 Å². The molecule has 0 spiro atoms. The molecule has 0 bridgehead atoms. The molecule has 0 aromatic heterocycles. The molecule has 0 radical (unpaired) electrons. The van der Waals surface area contributed by atoms with Gasteiger partial charge in [-0.25, -0.2) is 0 Å². The van der Waals surface area contributed by atoms with Gasteiger partial charge in [0, 0.05) is 44.3 Å². The van der Waals surface area contributed by atoms with E-state index in [1.807, 2.05) is 31.1 Å². The van der Waals surface area contributed by atoms with Crippen molar-refractivity contribution in [3.8, 4) is 0 Å². The molecule has 21 heavy (non-hydrogen) atoms. The van der Waals surface area contributed by atoms with Crippen molar-refractivity contribution in [3.63, 3.8) is 0 Å². The van der Waals surface area contributed by atoms with Crippen LogP contribution in [0.3, 0.4) is 0 Å². The molecule has 0 aromatic rings. The first kappa shape index (κ1) is 17.4. The maximum Gasteiger partial charge on any atom is 0.242 e. The Labute approximate surface area is 129 Å². The summed E-state index contributed by atoms with van der Waals surface area (Å²) in [5.74, 6) is 0.189. The highest BCUT2D eigenvalue weighted by molar-refractivity contribution is 5.78. The monoisotopic (exact) mass is 294 g/mol. The Morgan fingerprint density at radius 2 is 1.43 bits per heavy atom. The first-order valence-corrected chi connectivity index (χ1v) is 7.92. The Hall–Kier alpha value is -1.65. The molecule has 5 heteroatoms. The average Bonchev–Trinajstić information content (AvgIpc) is 2.88. The number of hydrogen-bond donors (Lipinski definition) is 0. The molecule has 0 unspecified atom stereocenters. The van der Waals surface area contributed by atoms with E-state index < -0.39 is 0 Å². The van der Waals surface area contributed by atoms with Crippen LogP contribution in [0.5, 0.6) is 0 Å². The van der Waals surface area contributed by atoms with Gasteiger partial charge in [0.25, 0.3) is 0 Å². The molecule has 5 nitrogen and oxygen atoms in total. The lowest BCUT2D eigenvalue weighted by Gasteiger charge is -2.28.